The fourth-order valence-electron chi connectivity index (χ4n) is 2.64. The zero-order chi connectivity index (χ0) is 19.0. The molecule has 0 N–H and O–H groups in total. The Morgan fingerprint density at radius 1 is 1.08 bits per heavy atom. The number of imidazole rings is 1. The summed E-state index contributed by atoms with van der Waals surface area (Å²) in [4.78, 5) is 39.7. The van der Waals surface area contributed by atoms with E-state index < -0.39 is 11.2 Å². The van der Waals surface area contributed by atoms with Gasteiger partial charge in [-0.2, -0.15) is 4.98 Å². The van der Waals surface area contributed by atoms with E-state index in [1.54, 1.807) is 25.2 Å². The molecule has 1 aromatic carbocycles. The molecular formula is C17H18N4O5. The molecule has 0 atom stereocenters. The number of hydrogen-bond acceptors (Lipinski definition) is 6. The van der Waals surface area contributed by atoms with Gasteiger partial charge in [-0.15, -0.1) is 0 Å². The van der Waals surface area contributed by atoms with Crippen molar-refractivity contribution in [3.8, 4) is 17.5 Å². The maximum Gasteiger partial charge on any atom is 0.332 e. The Morgan fingerprint density at radius 3 is 2.46 bits per heavy atom. The van der Waals surface area contributed by atoms with Crippen LogP contribution in [0.2, 0.25) is 0 Å². The fourth-order valence-corrected chi connectivity index (χ4v) is 2.64. The van der Waals surface area contributed by atoms with E-state index in [-0.39, 0.29) is 17.2 Å². The van der Waals surface area contributed by atoms with Crippen molar-refractivity contribution >= 4 is 17.5 Å². The van der Waals surface area contributed by atoms with Crippen LogP contribution in [0.3, 0.4) is 0 Å². The topological polar surface area (TPSA) is 97.4 Å². The van der Waals surface area contributed by atoms with Gasteiger partial charge in [0.25, 0.3) is 5.56 Å². The molecule has 2 heterocycles. The average Bonchev–Trinajstić information content (AvgIpc) is 2.96. The summed E-state index contributed by atoms with van der Waals surface area (Å²) < 4.78 is 15.1. The highest BCUT2D eigenvalue weighted by atomic mass is 16.5. The summed E-state index contributed by atoms with van der Waals surface area (Å²) in [5, 5.41) is 0. The van der Waals surface area contributed by atoms with Gasteiger partial charge in [-0.25, -0.2) is 4.79 Å². The Hall–Kier alpha value is -3.36. The molecule has 0 bridgehead atoms. The van der Waals surface area contributed by atoms with Crippen molar-refractivity contribution in [2.75, 3.05) is 6.61 Å². The van der Waals surface area contributed by atoms with Crippen molar-refractivity contribution < 1.29 is 14.3 Å². The summed E-state index contributed by atoms with van der Waals surface area (Å²) in [5.41, 5.74) is -0.0287. The summed E-state index contributed by atoms with van der Waals surface area (Å²) in [6.07, 6.45) is 0.709. The minimum atomic E-state index is -0.475. The Balaban J connectivity index is 2.16. The first-order chi connectivity index (χ1) is 12.4. The summed E-state index contributed by atoms with van der Waals surface area (Å²) in [7, 11) is 4.56. The maximum absolute atomic E-state index is 12.4. The van der Waals surface area contributed by atoms with Gasteiger partial charge in [-0.05, 0) is 25.1 Å². The lowest BCUT2D eigenvalue weighted by molar-refractivity contribution is 0.112. The van der Waals surface area contributed by atoms with Crippen molar-refractivity contribution in [3.05, 3.63) is 44.6 Å². The predicted octanol–water partition coefficient (Wildman–Crippen LogP) is 0.974. The summed E-state index contributed by atoms with van der Waals surface area (Å²) in [6, 6.07) is 4.86. The first-order valence-corrected chi connectivity index (χ1v) is 7.91. The number of aryl methyl sites for hydroxylation is 2. The van der Waals surface area contributed by atoms with Crippen LogP contribution < -0.4 is 20.7 Å². The van der Waals surface area contributed by atoms with E-state index in [1.165, 1.54) is 23.2 Å². The molecule has 0 saturated carbocycles. The van der Waals surface area contributed by atoms with Crippen LogP contribution >= 0.6 is 0 Å². The molecule has 0 saturated heterocycles. The molecule has 26 heavy (non-hydrogen) atoms. The first-order valence-electron chi connectivity index (χ1n) is 7.91. The van der Waals surface area contributed by atoms with Gasteiger partial charge >= 0.3 is 11.7 Å². The molecule has 0 amide bonds. The molecule has 136 valence electrons. The van der Waals surface area contributed by atoms with Crippen LogP contribution in [0.1, 0.15) is 17.3 Å². The standard InChI is InChI=1S/C17H18N4O5/c1-5-25-12-8-10(9-22)6-7-11(12)26-16-18-14-13(19(16)2)15(23)21(4)17(24)20(14)3/h6-9H,5H2,1-4H3. The predicted molar refractivity (Wildman–Crippen MR) is 94.3 cm³/mol. The number of ether oxygens (including phenoxy) is 2. The molecule has 3 rings (SSSR count). The normalized spacial score (nSPS) is 10.9. The molecule has 3 aromatic rings. The minimum absolute atomic E-state index is 0.123. The van der Waals surface area contributed by atoms with Gasteiger partial charge in [0.15, 0.2) is 22.7 Å². The van der Waals surface area contributed by atoms with E-state index in [0.717, 1.165) is 4.57 Å². The number of nitrogens with zero attached hydrogens (tertiary/aromatic N) is 4. The number of aromatic nitrogens is 4. The van der Waals surface area contributed by atoms with Gasteiger partial charge < -0.3 is 9.47 Å². The number of hydrogen-bond donors (Lipinski definition) is 0. The van der Waals surface area contributed by atoms with Crippen LogP contribution in [0.15, 0.2) is 27.8 Å². The molecular weight excluding hydrogens is 340 g/mol. The van der Waals surface area contributed by atoms with Gasteiger partial charge in [-0.3, -0.25) is 23.3 Å². The number of benzene rings is 1. The van der Waals surface area contributed by atoms with Gasteiger partial charge in [-0.1, -0.05) is 0 Å². The molecule has 9 heteroatoms. The van der Waals surface area contributed by atoms with Crippen molar-refractivity contribution in [2.24, 2.45) is 21.1 Å². The minimum Gasteiger partial charge on any atom is -0.490 e. The zero-order valence-corrected chi connectivity index (χ0v) is 14.8. The van der Waals surface area contributed by atoms with Gasteiger partial charge in [0.05, 0.1) is 6.61 Å². The lowest BCUT2D eigenvalue weighted by atomic mass is 10.2. The average molecular weight is 358 g/mol. The van der Waals surface area contributed by atoms with E-state index in [0.29, 0.717) is 30.0 Å². The molecule has 0 radical (unpaired) electrons. The third-order valence-electron chi connectivity index (χ3n) is 4.04. The Kier molecular flexibility index (Phi) is 4.37. The van der Waals surface area contributed by atoms with Crippen molar-refractivity contribution in [1.82, 2.24) is 18.7 Å². The van der Waals surface area contributed by atoms with Crippen molar-refractivity contribution in [2.45, 2.75) is 6.92 Å². The quantitative estimate of drug-likeness (QED) is 0.631. The molecule has 9 nitrogen and oxygen atoms in total. The Labute approximate surface area is 148 Å². The highest BCUT2D eigenvalue weighted by Gasteiger charge is 2.19. The molecule has 0 aliphatic carbocycles. The highest BCUT2D eigenvalue weighted by molar-refractivity contribution is 5.76. The SMILES string of the molecule is CCOc1cc(C=O)ccc1Oc1nc2c(c(=O)n(C)c(=O)n2C)n1C. The largest absolute Gasteiger partial charge is 0.490 e. The summed E-state index contributed by atoms with van der Waals surface area (Å²) >= 11 is 0. The lowest BCUT2D eigenvalue weighted by Gasteiger charge is -2.11. The Bertz CT molecular complexity index is 1120. The molecule has 2 aromatic heterocycles. The van der Waals surface area contributed by atoms with E-state index in [1.807, 2.05) is 6.92 Å². The molecule has 0 fully saturated rings. The summed E-state index contributed by atoms with van der Waals surface area (Å²) in [5.74, 6) is 0.726. The van der Waals surface area contributed by atoms with Crippen LogP contribution in [-0.4, -0.2) is 31.6 Å². The van der Waals surface area contributed by atoms with E-state index in [2.05, 4.69) is 4.98 Å². The summed E-state index contributed by atoms with van der Waals surface area (Å²) in [6.45, 7) is 2.20. The number of carbonyl (C=O) groups is 1. The van der Waals surface area contributed by atoms with Gasteiger partial charge in [0.2, 0.25) is 0 Å². The van der Waals surface area contributed by atoms with Crippen LogP contribution in [0.25, 0.3) is 11.2 Å². The van der Waals surface area contributed by atoms with Gasteiger partial charge in [0.1, 0.15) is 6.29 Å². The second kappa shape index (κ2) is 6.51. The van der Waals surface area contributed by atoms with Gasteiger partial charge in [0, 0.05) is 26.7 Å². The van der Waals surface area contributed by atoms with E-state index in [4.69, 9.17) is 9.47 Å². The molecule has 0 aliphatic heterocycles. The highest BCUT2D eigenvalue weighted by Crippen LogP contribution is 2.32. The van der Waals surface area contributed by atoms with Crippen molar-refractivity contribution in [3.63, 3.8) is 0 Å². The smallest absolute Gasteiger partial charge is 0.332 e. The third kappa shape index (κ3) is 2.67. The molecule has 0 aliphatic rings. The number of carbonyl (C=O) groups excluding carboxylic acids is 1. The van der Waals surface area contributed by atoms with Crippen LogP contribution in [0.4, 0.5) is 0 Å². The second-order valence-electron chi connectivity index (χ2n) is 5.69. The fraction of sp³-hybridized carbons (Fsp3) is 0.294. The third-order valence-corrected chi connectivity index (χ3v) is 4.04. The second-order valence-corrected chi connectivity index (χ2v) is 5.69. The van der Waals surface area contributed by atoms with Crippen LogP contribution in [0.5, 0.6) is 17.5 Å². The zero-order valence-electron chi connectivity index (χ0n) is 14.8. The number of aldehydes is 1. The monoisotopic (exact) mass is 358 g/mol. The number of rotatable bonds is 5. The molecule has 0 spiro atoms. The molecule has 0 unspecified atom stereocenters. The first kappa shape index (κ1) is 17.5. The van der Waals surface area contributed by atoms with Crippen molar-refractivity contribution in [1.29, 1.82) is 0 Å². The van der Waals surface area contributed by atoms with E-state index in [9.17, 15) is 14.4 Å². The number of fused-ring (bicyclic) bond motifs is 1. The van der Waals surface area contributed by atoms with E-state index >= 15 is 0 Å². The Morgan fingerprint density at radius 2 is 1.81 bits per heavy atom. The lowest BCUT2D eigenvalue weighted by Crippen LogP contribution is -2.37. The van der Waals surface area contributed by atoms with Crippen LogP contribution in [-0.2, 0) is 21.1 Å². The van der Waals surface area contributed by atoms with Crippen LogP contribution in [0, 0.1) is 0 Å². The maximum atomic E-state index is 12.4.